The lowest BCUT2D eigenvalue weighted by Crippen LogP contribution is -2.35. The van der Waals surface area contributed by atoms with Crippen LogP contribution in [-0.2, 0) is 9.59 Å². The summed E-state index contributed by atoms with van der Waals surface area (Å²) in [6.07, 6.45) is 0.168. The lowest BCUT2D eigenvalue weighted by molar-refractivity contribution is -0.126. The van der Waals surface area contributed by atoms with Crippen LogP contribution in [0.4, 0.5) is 10.1 Å². The Kier molecular flexibility index (Phi) is 5.88. The standard InChI is InChI=1S/C19H18BrFN2O3/c20-14-5-1-3-7-16(14)23-12-13(11-18(23)24)19(25)22-9-10-26-17-8-4-2-6-15(17)21/h1-8,13H,9-12H2,(H,22,25). The van der Waals surface area contributed by atoms with E-state index in [4.69, 9.17) is 4.74 Å². The fourth-order valence-corrected chi connectivity index (χ4v) is 3.33. The number of benzene rings is 2. The van der Waals surface area contributed by atoms with E-state index in [-0.39, 0.29) is 37.1 Å². The minimum Gasteiger partial charge on any atom is -0.489 e. The second-order valence-corrected chi connectivity index (χ2v) is 6.78. The number of halogens is 2. The molecule has 0 radical (unpaired) electrons. The van der Waals surface area contributed by atoms with Gasteiger partial charge < -0.3 is 15.0 Å². The van der Waals surface area contributed by atoms with Gasteiger partial charge in [-0.15, -0.1) is 0 Å². The summed E-state index contributed by atoms with van der Waals surface area (Å²) in [5.74, 6) is -0.991. The van der Waals surface area contributed by atoms with Crippen LogP contribution in [-0.4, -0.2) is 31.5 Å². The minimum absolute atomic E-state index is 0.0837. The van der Waals surface area contributed by atoms with Crippen molar-refractivity contribution in [3.8, 4) is 5.75 Å². The molecule has 0 aliphatic carbocycles. The quantitative estimate of drug-likeness (QED) is 0.730. The molecule has 2 aromatic carbocycles. The zero-order valence-electron chi connectivity index (χ0n) is 14.0. The van der Waals surface area contributed by atoms with Gasteiger partial charge in [0.1, 0.15) is 6.61 Å². The molecule has 1 fully saturated rings. The molecule has 3 rings (SSSR count). The van der Waals surface area contributed by atoms with E-state index >= 15 is 0 Å². The molecule has 0 saturated carbocycles. The highest BCUT2D eigenvalue weighted by atomic mass is 79.9. The fourth-order valence-electron chi connectivity index (χ4n) is 2.83. The number of carbonyl (C=O) groups excluding carboxylic acids is 2. The number of nitrogens with one attached hydrogen (secondary N) is 1. The summed E-state index contributed by atoms with van der Waals surface area (Å²) in [5, 5.41) is 2.74. The van der Waals surface area contributed by atoms with E-state index in [0.717, 1.165) is 10.2 Å². The summed E-state index contributed by atoms with van der Waals surface area (Å²) in [6.45, 7) is 0.732. The van der Waals surface area contributed by atoms with Crippen molar-refractivity contribution >= 4 is 33.4 Å². The SMILES string of the molecule is O=C(NCCOc1ccccc1F)C1CC(=O)N(c2ccccc2Br)C1. The third-order valence-corrected chi connectivity index (χ3v) is 4.81. The van der Waals surface area contributed by atoms with Gasteiger partial charge in [-0.05, 0) is 40.2 Å². The summed E-state index contributed by atoms with van der Waals surface area (Å²) in [5.41, 5.74) is 0.760. The van der Waals surface area contributed by atoms with Crippen molar-refractivity contribution in [2.24, 2.45) is 5.92 Å². The molecule has 0 spiro atoms. The van der Waals surface area contributed by atoms with Crippen molar-refractivity contribution in [3.63, 3.8) is 0 Å². The van der Waals surface area contributed by atoms with Gasteiger partial charge in [0, 0.05) is 17.4 Å². The van der Waals surface area contributed by atoms with Crippen molar-refractivity contribution in [2.45, 2.75) is 6.42 Å². The smallest absolute Gasteiger partial charge is 0.227 e. The summed E-state index contributed by atoms with van der Waals surface area (Å²) < 4.78 is 19.6. The van der Waals surface area contributed by atoms with Gasteiger partial charge in [0.25, 0.3) is 0 Å². The van der Waals surface area contributed by atoms with Gasteiger partial charge in [0.05, 0.1) is 18.2 Å². The van der Waals surface area contributed by atoms with Crippen molar-refractivity contribution in [1.29, 1.82) is 0 Å². The molecular weight excluding hydrogens is 403 g/mol. The molecule has 1 heterocycles. The number of nitrogens with zero attached hydrogens (tertiary/aromatic N) is 1. The maximum Gasteiger partial charge on any atom is 0.227 e. The number of para-hydroxylation sites is 2. The Morgan fingerprint density at radius 2 is 1.96 bits per heavy atom. The zero-order valence-corrected chi connectivity index (χ0v) is 15.5. The molecule has 26 heavy (non-hydrogen) atoms. The predicted octanol–water partition coefficient (Wildman–Crippen LogP) is 3.14. The molecule has 1 unspecified atom stereocenters. The molecule has 5 nitrogen and oxygen atoms in total. The summed E-state index contributed by atoms with van der Waals surface area (Å²) in [4.78, 5) is 26.2. The van der Waals surface area contributed by atoms with Crippen LogP contribution in [0.1, 0.15) is 6.42 Å². The monoisotopic (exact) mass is 420 g/mol. The number of anilines is 1. The first-order valence-electron chi connectivity index (χ1n) is 8.26. The number of carbonyl (C=O) groups is 2. The van der Waals surface area contributed by atoms with E-state index in [9.17, 15) is 14.0 Å². The van der Waals surface area contributed by atoms with Crippen LogP contribution in [0.3, 0.4) is 0 Å². The normalized spacial score (nSPS) is 16.6. The maximum atomic E-state index is 13.4. The Labute approximate surface area is 159 Å². The third kappa shape index (κ3) is 4.22. The number of hydrogen-bond donors (Lipinski definition) is 1. The first-order valence-corrected chi connectivity index (χ1v) is 9.05. The highest BCUT2D eigenvalue weighted by Crippen LogP contribution is 2.31. The van der Waals surface area contributed by atoms with E-state index in [1.165, 1.54) is 12.1 Å². The summed E-state index contributed by atoms with van der Waals surface area (Å²) >= 11 is 3.43. The number of amides is 2. The van der Waals surface area contributed by atoms with Crippen molar-refractivity contribution < 1.29 is 18.7 Å². The van der Waals surface area contributed by atoms with Crippen LogP contribution in [0.5, 0.6) is 5.75 Å². The van der Waals surface area contributed by atoms with Crippen molar-refractivity contribution in [1.82, 2.24) is 5.32 Å². The van der Waals surface area contributed by atoms with Crippen LogP contribution in [0.25, 0.3) is 0 Å². The minimum atomic E-state index is -0.440. The molecule has 1 saturated heterocycles. The van der Waals surface area contributed by atoms with Gasteiger partial charge in [-0.2, -0.15) is 0 Å². The lowest BCUT2D eigenvalue weighted by atomic mass is 10.1. The Morgan fingerprint density at radius 3 is 2.73 bits per heavy atom. The largest absolute Gasteiger partial charge is 0.489 e. The number of hydrogen-bond acceptors (Lipinski definition) is 3. The average molecular weight is 421 g/mol. The molecule has 0 aromatic heterocycles. The molecule has 1 atom stereocenters. The molecule has 136 valence electrons. The molecule has 1 aliphatic heterocycles. The lowest BCUT2D eigenvalue weighted by Gasteiger charge is -2.18. The van der Waals surface area contributed by atoms with E-state index in [1.54, 1.807) is 17.0 Å². The van der Waals surface area contributed by atoms with Gasteiger partial charge in [0.15, 0.2) is 11.6 Å². The second-order valence-electron chi connectivity index (χ2n) is 5.93. The zero-order chi connectivity index (χ0) is 18.5. The Balaban J connectivity index is 1.49. The van der Waals surface area contributed by atoms with Gasteiger partial charge in [-0.25, -0.2) is 4.39 Å². The van der Waals surface area contributed by atoms with Gasteiger partial charge >= 0.3 is 0 Å². The summed E-state index contributed by atoms with van der Waals surface area (Å²) in [6, 6.07) is 13.5. The first-order chi connectivity index (χ1) is 12.6. The van der Waals surface area contributed by atoms with E-state index in [2.05, 4.69) is 21.2 Å². The van der Waals surface area contributed by atoms with Crippen LogP contribution >= 0.6 is 15.9 Å². The maximum absolute atomic E-state index is 13.4. The van der Waals surface area contributed by atoms with E-state index < -0.39 is 11.7 Å². The number of ether oxygens (including phenoxy) is 1. The fraction of sp³-hybridized carbons (Fsp3) is 0.263. The third-order valence-electron chi connectivity index (χ3n) is 4.13. The Hall–Kier alpha value is -2.41. The number of rotatable bonds is 6. The molecule has 7 heteroatoms. The average Bonchev–Trinajstić information content (AvgIpc) is 3.02. The van der Waals surface area contributed by atoms with E-state index in [0.29, 0.717) is 6.54 Å². The second kappa shape index (κ2) is 8.31. The van der Waals surface area contributed by atoms with Crippen LogP contribution < -0.4 is 15.0 Å². The molecule has 1 N–H and O–H groups in total. The van der Waals surface area contributed by atoms with Gasteiger partial charge in [0.2, 0.25) is 11.8 Å². The van der Waals surface area contributed by atoms with E-state index in [1.807, 2.05) is 24.3 Å². The topological polar surface area (TPSA) is 58.6 Å². The van der Waals surface area contributed by atoms with Gasteiger partial charge in [-0.3, -0.25) is 9.59 Å². The molecule has 2 amide bonds. The first kappa shape index (κ1) is 18.4. The highest BCUT2D eigenvalue weighted by Gasteiger charge is 2.35. The Bertz CT molecular complexity index is 815. The summed E-state index contributed by atoms with van der Waals surface area (Å²) in [7, 11) is 0. The molecule has 1 aliphatic rings. The predicted molar refractivity (Wildman–Crippen MR) is 99.5 cm³/mol. The molecule has 2 aromatic rings. The van der Waals surface area contributed by atoms with Crippen molar-refractivity contribution in [2.75, 3.05) is 24.6 Å². The van der Waals surface area contributed by atoms with Crippen molar-refractivity contribution in [3.05, 3.63) is 58.8 Å². The highest BCUT2D eigenvalue weighted by molar-refractivity contribution is 9.10. The molecule has 0 bridgehead atoms. The van der Waals surface area contributed by atoms with Crippen LogP contribution in [0.15, 0.2) is 53.0 Å². The van der Waals surface area contributed by atoms with Crippen LogP contribution in [0, 0.1) is 11.7 Å². The van der Waals surface area contributed by atoms with Gasteiger partial charge in [-0.1, -0.05) is 24.3 Å². The van der Waals surface area contributed by atoms with Crippen LogP contribution in [0.2, 0.25) is 0 Å². The Morgan fingerprint density at radius 1 is 1.23 bits per heavy atom. The molecular formula is C19H18BrFN2O3.